The van der Waals surface area contributed by atoms with Crippen LogP contribution in [0.5, 0.6) is 0 Å². The monoisotopic (exact) mass is 229 g/mol. The Morgan fingerprint density at radius 3 is 2.75 bits per heavy atom. The fourth-order valence-corrected chi connectivity index (χ4v) is 0.992. The second-order valence-electron chi connectivity index (χ2n) is 3.18. The molecule has 0 aromatic rings. The second-order valence-corrected chi connectivity index (χ2v) is 3.18. The number of hydrogen-bond acceptors (Lipinski definition) is 4. The minimum Gasteiger partial charge on any atom is -0.480 e. The Labute approximate surface area is 92.4 Å². The third kappa shape index (κ3) is 7.60. The number of nitrogens with two attached hydrogens (primary N) is 1. The van der Waals surface area contributed by atoms with Gasteiger partial charge < -0.3 is 16.2 Å². The van der Waals surface area contributed by atoms with E-state index in [2.05, 4.69) is 15.3 Å². The Hall–Kier alpha value is -1.79. The fourth-order valence-electron chi connectivity index (χ4n) is 0.992. The Bertz CT molecular complexity index is 287. The van der Waals surface area contributed by atoms with E-state index in [1.54, 1.807) is 0 Å². The molecule has 1 atom stereocenters. The van der Waals surface area contributed by atoms with E-state index in [0.29, 0.717) is 25.8 Å². The molecule has 0 heterocycles. The summed E-state index contributed by atoms with van der Waals surface area (Å²) < 4.78 is 0. The summed E-state index contributed by atoms with van der Waals surface area (Å²) in [7, 11) is 0. The third-order valence-electron chi connectivity index (χ3n) is 1.86. The largest absolute Gasteiger partial charge is 0.480 e. The standard InChI is InChI=1S/C8H15N5O3/c9-6(8(15)16)3-1-2-4-11-7(14)5-12-13-10/h6H,1-5,9H2,(H,11,14)(H,15,16)/t6-/m1/s1. The van der Waals surface area contributed by atoms with Crippen molar-refractivity contribution < 1.29 is 14.7 Å². The van der Waals surface area contributed by atoms with E-state index in [-0.39, 0.29) is 12.5 Å². The van der Waals surface area contributed by atoms with Gasteiger partial charge in [-0.2, -0.15) is 0 Å². The van der Waals surface area contributed by atoms with Crippen LogP contribution in [0.2, 0.25) is 0 Å². The second kappa shape index (κ2) is 8.51. The lowest BCUT2D eigenvalue weighted by atomic mass is 10.1. The first-order chi connectivity index (χ1) is 7.57. The molecule has 8 nitrogen and oxygen atoms in total. The van der Waals surface area contributed by atoms with Crippen molar-refractivity contribution in [1.82, 2.24) is 5.32 Å². The molecule has 0 unspecified atom stereocenters. The molecule has 0 aromatic heterocycles. The number of azide groups is 1. The van der Waals surface area contributed by atoms with Crippen molar-refractivity contribution in [2.45, 2.75) is 25.3 Å². The van der Waals surface area contributed by atoms with E-state index in [1.165, 1.54) is 0 Å². The zero-order valence-electron chi connectivity index (χ0n) is 8.80. The first-order valence-corrected chi connectivity index (χ1v) is 4.84. The van der Waals surface area contributed by atoms with Gasteiger partial charge in [-0.1, -0.05) is 5.11 Å². The molecule has 16 heavy (non-hydrogen) atoms. The number of unbranched alkanes of at least 4 members (excludes halogenated alkanes) is 1. The lowest BCUT2D eigenvalue weighted by Crippen LogP contribution is -2.30. The van der Waals surface area contributed by atoms with Crippen LogP contribution < -0.4 is 11.1 Å². The SMILES string of the molecule is [N-]=[N+]=NCC(=O)NCCCC[C@@H](N)C(=O)O. The van der Waals surface area contributed by atoms with Gasteiger partial charge in [-0.25, -0.2) is 0 Å². The molecule has 0 saturated carbocycles. The van der Waals surface area contributed by atoms with Crippen LogP contribution in [0.15, 0.2) is 5.11 Å². The Morgan fingerprint density at radius 1 is 1.50 bits per heavy atom. The summed E-state index contributed by atoms with van der Waals surface area (Å²) in [5.41, 5.74) is 13.2. The van der Waals surface area contributed by atoms with Crippen molar-refractivity contribution in [1.29, 1.82) is 0 Å². The lowest BCUT2D eigenvalue weighted by molar-refractivity contribution is -0.138. The topological polar surface area (TPSA) is 141 Å². The molecule has 8 heteroatoms. The predicted octanol–water partition coefficient (Wildman–Crippen LogP) is -0.00490. The first kappa shape index (κ1) is 14.2. The van der Waals surface area contributed by atoms with E-state index in [9.17, 15) is 9.59 Å². The van der Waals surface area contributed by atoms with Gasteiger partial charge in [-0.3, -0.25) is 9.59 Å². The van der Waals surface area contributed by atoms with Gasteiger partial charge in [0.25, 0.3) is 0 Å². The number of amides is 1. The summed E-state index contributed by atoms with van der Waals surface area (Å²) in [5.74, 6) is -1.37. The van der Waals surface area contributed by atoms with Gasteiger partial charge in [0.15, 0.2) is 0 Å². The summed E-state index contributed by atoms with van der Waals surface area (Å²) in [6.45, 7) is 0.206. The van der Waals surface area contributed by atoms with Crippen LogP contribution >= 0.6 is 0 Å². The number of aliphatic carboxylic acids is 1. The van der Waals surface area contributed by atoms with Crippen molar-refractivity contribution >= 4 is 11.9 Å². The van der Waals surface area contributed by atoms with E-state index < -0.39 is 12.0 Å². The van der Waals surface area contributed by atoms with Crippen molar-refractivity contribution in [2.24, 2.45) is 10.8 Å². The minimum absolute atomic E-state index is 0.217. The maximum Gasteiger partial charge on any atom is 0.320 e. The van der Waals surface area contributed by atoms with Crippen LogP contribution in [0.1, 0.15) is 19.3 Å². The molecule has 90 valence electrons. The molecule has 0 aliphatic carbocycles. The number of nitrogens with zero attached hydrogens (tertiary/aromatic N) is 3. The molecule has 0 spiro atoms. The van der Waals surface area contributed by atoms with Gasteiger partial charge >= 0.3 is 5.97 Å². The van der Waals surface area contributed by atoms with Gasteiger partial charge in [0.05, 0.1) is 0 Å². The quantitative estimate of drug-likeness (QED) is 0.233. The third-order valence-corrected chi connectivity index (χ3v) is 1.86. The van der Waals surface area contributed by atoms with Crippen molar-refractivity contribution in [3.8, 4) is 0 Å². The fraction of sp³-hybridized carbons (Fsp3) is 0.750. The Kier molecular flexibility index (Phi) is 7.56. The number of hydrogen-bond donors (Lipinski definition) is 3. The number of nitrogens with one attached hydrogen (secondary N) is 1. The van der Waals surface area contributed by atoms with Crippen molar-refractivity contribution in [2.75, 3.05) is 13.1 Å². The van der Waals surface area contributed by atoms with Gasteiger partial charge in [0, 0.05) is 11.5 Å². The molecule has 0 aliphatic rings. The van der Waals surface area contributed by atoms with Crippen LogP contribution in [0.25, 0.3) is 10.4 Å². The number of carboxylic acid groups (broad SMARTS) is 1. The average Bonchev–Trinajstić information content (AvgIpc) is 2.25. The van der Waals surface area contributed by atoms with Crippen LogP contribution in [0.3, 0.4) is 0 Å². The summed E-state index contributed by atoms with van der Waals surface area (Å²) in [4.78, 5) is 23.7. The highest BCUT2D eigenvalue weighted by Crippen LogP contribution is 1.98. The summed E-state index contributed by atoms with van der Waals surface area (Å²) >= 11 is 0. The van der Waals surface area contributed by atoms with Gasteiger partial charge in [-0.05, 0) is 24.8 Å². The predicted molar refractivity (Wildman–Crippen MR) is 56.5 cm³/mol. The highest BCUT2D eigenvalue weighted by molar-refractivity contribution is 5.78. The first-order valence-electron chi connectivity index (χ1n) is 4.84. The molecule has 0 aromatic carbocycles. The minimum atomic E-state index is -1.02. The Morgan fingerprint density at radius 2 is 2.19 bits per heavy atom. The van der Waals surface area contributed by atoms with Crippen LogP contribution in [0.4, 0.5) is 0 Å². The summed E-state index contributed by atoms with van der Waals surface area (Å²) in [6, 6.07) is -0.848. The van der Waals surface area contributed by atoms with Crippen molar-refractivity contribution in [3.63, 3.8) is 0 Å². The van der Waals surface area contributed by atoms with Gasteiger partial charge in [0.2, 0.25) is 5.91 Å². The van der Waals surface area contributed by atoms with Gasteiger partial charge in [0.1, 0.15) is 12.6 Å². The molecule has 0 saturated heterocycles. The Balaban J connectivity index is 3.43. The summed E-state index contributed by atoms with van der Waals surface area (Å²) in [5, 5.41) is 14.1. The average molecular weight is 229 g/mol. The van der Waals surface area contributed by atoms with E-state index in [1.807, 2.05) is 0 Å². The molecular weight excluding hydrogens is 214 g/mol. The number of carbonyl (C=O) groups excluding carboxylic acids is 1. The van der Waals surface area contributed by atoms with E-state index in [0.717, 1.165) is 0 Å². The molecule has 4 N–H and O–H groups in total. The van der Waals surface area contributed by atoms with Crippen molar-refractivity contribution in [3.05, 3.63) is 10.4 Å². The van der Waals surface area contributed by atoms with E-state index in [4.69, 9.17) is 16.4 Å². The van der Waals surface area contributed by atoms with Crippen LogP contribution in [0, 0.1) is 0 Å². The number of rotatable bonds is 8. The zero-order chi connectivity index (χ0) is 12.4. The van der Waals surface area contributed by atoms with Gasteiger partial charge in [-0.15, -0.1) is 0 Å². The lowest BCUT2D eigenvalue weighted by Gasteiger charge is -2.06. The highest BCUT2D eigenvalue weighted by atomic mass is 16.4. The molecule has 0 rings (SSSR count). The molecule has 0 radical (unpaired) electrons. The number of carboxylic acids is 1. The van der Waals surface area contributed by atoms with Crippen LogP contribution in [-0.4, -0.2) is 36.1 Å². The van der Waals surface area contributed by atoms with Crippen LogP contribution in [-0.2, 0) is 9.59 Å². The molecule has 0 fully saturated rings. The summed E-state index contributed by atoms with van der Waals surface area (Å²) in [6.07, 6.45) is 1.64. The number of carbonyl (C=O) groups is 2. The van der Waals surface area contributed by atoms with E-state index >= 15 is 0 Å². The molecule has 1 amide bonds. The smallest absolute Gasteiger partial charge is 0.320 e. The zero-order valence-corrected chi connectivity index (χ0v) is 8.80. The highest BCUT2D eigenvalue weighted by Gasteiger charge is 2.09. The molecule has 0 aliphatic heterocycles. The maximum absolute atomic E-state index is 10.9. The molecular formula is C8H15N5O3. The molecule has 0 bridgehead atoms. The normalized spacial score (nSPS) is 11.3. The maximum atomic E-state index is 10.9.